The largest absolute Gasteiger partial charge is 0.508 e. The lowest BCUT2D eigenvalue weighted by Crippen LogP contribution is -2.53. The van der Waals surface area contributed by atoms with Crippen LogP contribution in [0.3, 0.4) is 0 Å². The predicted molar refractivity (Wildman–Crippen MR) is 182 cm³/mol. The number of carbonyl (C=O) groups excluding carboxylic acids is 2. The molecule has 0 unspecified atom stereocenters. The minimum atomic E-state index is -1.04. The van der Waals surface area contributed by atoms with E-state index in [-0.39, 0.29) is 37.0 Å². The van der Waals surface area contributed by atoms with E-state index in [0.29, 0.717) is 18.7 Å². The van der Waals surface area contributed by atoms with Crippen molar-refractivity contribution in [1.29, 1.82) is 5.41 Å². The number of nitrogens with zero attached hydrogens (tertiary/aromatic N) is 2. The number of fused-ring (bicyclic) bond motifs is 1. The van der Waals surface area contributed by atoms with Crippen molar-refractivity contribution in [3.63, 3.8) is 0 Å². The molecule has 10 N–H and O–H groups in total. The molecule has 0 aliphatic heterocycles. The summed E-state index contributed by atoms with van der Waals surface area (Å²) in [6.45, 7) is 3.89. The maximum absolute atomic E-state index is 14.2. The van der Waals surface area contributed by atoms with Crippen molar-refractivity contribution in [3.05, 3.63) is 112 Å². The fraction of sp³-hybridized carbons (Fsp3) is 0.286. The van der Waals surface area contributed by atoms with Gasteiger partial charge < -0.3 is 42.0 Å². The highest BCUT2D eigenvalue weighted by molar-refractivity contribution is 5.90. The second kappa shape index (κ2) is 15.3. The van der Waals surface area contributed by atoms with Gasteiger partial charge in [0, 0.05) is 42.9 Å². The molecule has 5 rings (SSSR count). The Labute approximate surface area is 278 Å². The zero-order valence-electron chi connectivity index (χ0n) is 26.9. The van der Waals surface area contributed by atoms with E-state index in [2.05, 4.69) is 31.1 Å². The third kappa shape index (κ3) is 8.56. The van der Waals surface area contributed by atoms with Crippen LogP contribution < -0.4 is 27.4 Å². The molecule has 0 saturated carbocycles. The smallest absolute Gasteiger partial charge is 0.249 e. The lowest BCUT2D eigenvalue weighted by Gasteiger charge is -2.24. The Hall–Kier alpha value is -5.69. The van der Waals surface area contributed by atoms with Crippen LogP contribution in [0.5, 0.6) is 5.75 Å². The summed E-state index contributed by atoms with van der Waals surface area (Å²) >= 11 is 0. The van der Waals surface area contributed by atoms with Gasteiger partial charge in [-0.25, -0.2) is 0 Å². The minimum Gasteiger partial charge on any atom is -0.508 e. The van der Waals surface area contributed by atoms with E-state index in [4.69, 9.17) is 21.4 Å². The van der Waals surface area contributed by atoms with E-state index in [9.17, 15) is 14.7 Å². The molecule has 5 aromatic rings. The average molecular weight is 652 g/mol. The Morgan fingerprint density at radius 3 is 2.44 bits per heavy atom. The van der Waals surface area contributed by atoms with Crippen molar-refractivity contribution < 1.29 is 19.2 Å². The topological polar surface area (TPSA) is 221 Å². The van der Waals surface area contributed by atoms with Crippen molar-refractivity contribution in [1.82, 2.24) is 31.1 Å². The molecule has 0 aliphatic rings. The van der Waals surface area contributed by atoms with E-state index >= 15 is 0 Å². The van der Waals surface area contributed by atoms with E-state index < -0.39 is 29.9 Å². The number of aromatic hydroxyl groups is 1. The summed E-state index contributed by atoms with van der Waals surface area (Å²) < 4.78 is 5.74. The Balaban J connectivity index is 1.43. The molecule has 0 fully saturated rings. The number of nitrogens with two attached hydrogens (primary N) is 2. The van der Waals surface area contributed by atoms with Crippen LogP contribution in [0, 0.1) is 19.3 Å². The van der Waals surface area contributed by atoms with Crippen LogP contribution in [-0.2, 0) is 28.9 Å². The fourth-order valence-electron chi connectivity index (χ4n) is 5.73. The second-order valence-electron chi connectivity index (χ2n) is 11.9. The quantitative estimate of drug-likeness (QED) is 0.0652. The van der Waals surface area contributed by atoms with Gasteiger partial charge in [-0.3, -0.25) is 15.0 Å². The van der Waals surface area contributed by atoms with Crippen LogP contribution in [0.4, 0.5) is 0 Å². The molecular weight excluding hydrogens is 610 g/mol. The first-order valence-corrected chi connectivity index (χ1v) is 15.7. The minimum absolute atomic E-state index is 0.111. The molecule has 3 aromatic carbocycles. The summed E-state index contributed by atoms with van der Waals surface area (Å²) in [6, 6.07) is 18.1. The number of hydrogen-bond acceptors (Lipinski definition) is 8. The van der Waals surface area contributed by atoms with Crippen molar-refractivity contribution in [3.8, 4) is 5.75 Å². The Morgan fingerprint density at radius 1 is 1.00 bits per heavy atom. The predicted octanol–water partition coefficient (Wildman–Crippen LogP) is 2.79. The maximum Gasteiger partial charge on any atom is 0.249 e. The highest BCUT2D eigenvalue weighted by atomic mass is 16.5. The number of nitrogens with one attached hydrogen (secondary N) is 5. The van der Waals surface area contributed by atoms with Gasteiger partial charge in [-0.1, -0.05) is 53.7 Å². The number of phenols is 1. The molecule has 0 aliphatic carbocycles. The summed E-state index contributed by atoms with van der Waals surface area (Å²) in [4.78, 5) is 35.4. The lowest BCUT2D eigenvalue weighted by molar-refractivity contribution is -0.130. The van der Waals surface area contributed by atoms with Gasteiger partial charge in [0.2, 0.25) is 17.7 Å². The number of H-pyrrole nitrogens is 1. The van der Waals surface area contributed by atoms with Crippen LogP contribution in [-0.4, -0.2) is 56.6 Å². The van der Waals surface area contributed by atoms with Crippen LogP contribution in [0.2, 0.25) is 0 Å². The van der Waals surface area contributed by atoms with Gasteiger partial charge in [-0.15, -0.1) is 0 Å². The zero-order chi connectivity index (χ0) is 34.2. The molecule has 0 saturated heterocycles. The number of phenolic OH excluding ortho intramolecular Hbond substituents is 1. The molecule has 0 bridgehead atoms. The number of carbonyl (C=O) groups is 2. The molecule has 2 amide bonds. The van der Waals surface area contributed by atoms with Crippen LogP contribution in [0.1, 0.15) is 52.0 Å². The maximum atomic E-state index is 14.2. The standard InChI is InChI=1S/C35H41N9O4/c1-20-14-24(45)15-21(2)26(20)18-29(41-32(46)27(36)12-13-39-35(37)38)33(47)42-30(17-23-19-40-28-11-7-6-10-25(23)28)34-43-31(44-48-34)16-22-8-4-3-5-9-22/h3-11,14-15,19,27,29-30,40,45H,12-13,16-18,36H2,1-2H3,(H,41,46)(H,42,47)(H4,37,38,39)/t27-,29+,30+/m1/s1. The summed E-state index contributed by atoms with van der Waals surface area (Å²) in [7, 11) is 0. The third-order valence-corrected chi connectivity index (χ3v) is 8.23. The van der Waals surface area contributed by atoms with Gasteiger partial charge in [0.15, 0.2) is 11.8 Å². The average Bonchev–Trinajstić information content (AvgIpc) is 3.69. The molecule has 3 atom stereocenters. The zero-order valence-corrected chi connectivity index (χ0v) is 26.9. The number of guanidine groups is 1. The number of para-hydroxylation sites is 1. The molecule has 48 heavy (non-hydrogen) atoms. The van der Waals surface area contributed by atoms with E-state index in [1.807, 2.05) is 74.6 Å². The molecule has 13 heteroatoms. The van der Waals surface area contributed by atoms with E-state index in [0.717, 1.165) is 38.7 Å². The fourth-order valence-corrected chi connectivity index (χ4v) is 5.73. The molecule has 2 aromatic heterocycles. The summed E-state index contributed by atoms with van der Waals surface area (Å²) in [6.07, 6.45) is 2.99. The van der Waals surface area contributed by atoms with E-state index in [1.54, 1.807) is 12.1 Å². The molecule has 2 heterocycles. The first-order valence-electron chi connectivity index (χ1n) is 15.7. The first kappa shape index (κ1) is 33.7. The third-order valence-electron chi connectivity index (χ3n) is 8.23. The molecule has 13 nitrogen and oxygen atoms in total. The number of aromatic nitrogens is 3. The Bertz CT molecular complexity index is 1860. The van der Waals surface area contributed by atoms with Crippen molar-refractivity contribution in [2.75, 3.05) is 6.54 Å². The normalized spacial score (nSPS) is 13.1. The molecule has 250 valence electrons. The molecule has 0 spiro atoms. The number of hydrogen-bond donors (Lipinski definition) is 8. The van der Waals surface area contributed by atoms with Crippen LogP contribution in [0.25, 0.3) is 10.9 Å². The van der Waals surface area contributed by atoms with Crippen molar-refractivity contribution >= 4 is 28.7 Å². The number of amides is 2. The van der Waals surface area contributed by atoms with Crippen molar-refractivity contribution in [2.45, 2.75) is 57.7 Å². The second-order valence-corrected chi connectivity index (χ2v) is 11.9. The van der Waals surface area contributed by atoms with Crippen LogP contribution in [0.15, 0.2) is 77.4 Å². The van der Waals surface area contributed by atoms with Gasteiger partial charge in [-0.2, -0.15) is 4.98 Å². The number of aromatic amines is 1. The monoisotopic (exact) mass is 651 g/mol. The summed E-state index contributed by atoms with van der Waals surface area (Å²) in [5, 5.41) is 31.2. The van der Waals surface area contributed by atoms with Gasteiger partial charge in [0.1, 0.15) is 17.8 Å². The number of aryl methyl sites for hydroxylation is 2. The highest BCUT2D eigenvalue weighted by Crippen LogP contribution is 2.26. The lowest BCUT2D eigenvalue weighted by atomic mass is 9.95. The van der Waals surface area contributed by atoms with Gasteiger partial charge in [-0.05, 0) is 66.3 Å². The SMILES string of the molecule is Cc1cc(O)cc(C)c1C[C@H](NC(=O)[C@H](N)CCNC(=N)N)C(=O)N[C@@H](Cc1c[nH]c2ccccc12)c1nc(Cc2ccccc2)no1. The Morgan fingerprint density at radius 2 is 1.71 bits per heavy atom. The van der Waals surface area contributed by atoms with Crippen LogP contribution >= 0.6 is 0 Å². The Kier molecular flexibility index (Phi) is 10.7. The highest BCUT2D eigenvalue weighted by Gasteiger charge is 2.30. The van der Waals surface area contributed by atoms with Crippen molar-refractivity contribution in [2.24, 2.45) is 11.5 Å². The van der Waals surface area contributed by atoms with E-state index in [1.165, 1.54) is 0 Å². The number of rotatable bonds is 14. The van der Waals surface area contributed by atoms with Gasteiger partial charge >= 0.3 is 0 Å². The number of benzene rings is 3. The first-order chi connectivity index (χ1) is 23.1. The summed E-state index contributed by atoms with van der Waals surface area (Å²) in [5.41, 5.74) is 16.8. The summed E-state index contributed by atoms with van der Waals surface area (Å²) in [5.74, 6) is -0.427. The molecular formula is C35H41N9O4. The molecule has 0 radical (unpaired) electrons. The van der Waals surface area contributed by atoms with Gasteiger partial charge in [0.05, 0.1) is 6.04 Å². The van der Waals surface area contributed by atoms with Gasteiger partial charge in [0.25, 0.3) is 0 Å².